The first-order valence-corrected chi connectivity index (χ1v) is 7.21. The van der Waals surface area contributed by atoms with Crippen LogP contribution in [0.5, 0.6) is 5.75 Å². The molecule has 0 heterocycles. The van der Waals surface area contributed by atoms with Crippen LogP contribution in [0.2, 0.25) is 0 Å². The molecule has 2 aromatic carbocycles. The number of aromatic hydroxyl groups is 1. The van der Waals surface area contributed by atoms with E-state index in [9.17, 15) is 5.11 Å². The van der Waals surface area contributed by atoms with Crippen molar-refractivity contribution >= 4 is 10.8 Å². The number of hydrogen-bond donors (Lipinski definition) is 1. The molecule has 1 atom stereocenters. The number of hydrogen-bond acceptors (Lipinski definition) is 1. The Labute approximate surface area is 116 Å². The molecule has 1 nitrogen and oxygen atoms in total. The molecule has 2 aromatic rings. The van der Waals surface area contributed by atoms with Gasteiger partial charge in [-0.15, -0.1) is 0 Å². The van der Waals surface area contributed by atoms with E-state index in [0.29, 0.717) is 23.5 Å². The molecule has 19 heavy (non-hydrogen) atoms. The van der Waals surface area contributed by atoms with Crippen LogP contribution in [0, 0.1) is 11.8 Å². The third-order valence-electron chi connectivity index (χ3n) is 3.86. The van der Waals surface area contributed by atoms with Crippen molar-refractivity contribution in [1.29, 1.82) is 0 Å². The topological polar surface area (TPSA) is 20.2 Å². The summed E-state index contributed by atoms with van der Waals surface area (Å²) in [4.78, 5) is 0. The molecule has 0 aliphatic carbocycles. The van der Waals surface area contributed by atoms with Gasteiger partial charge in [0.1, 0.15) is 5.75 Å². The van der Waals surface area contributed by atoms with E-state index in [2.05, 4.69) is 45.9 Å². The van der Waals surface area contributed by atoms with E-state index >= 15 is 0 Å². The Bertz CT molecular complexity index is 555. The lowest BCUT2D eigenvalue weighted by Crippen LogP contribution is -2.10. The van der Waals surface area contributed by atoms with Gasteiger partial charge in [-0.05, 0) is 41.2 Å². The average molecular weight is 256 g/mol. The van der Waals surface area contributed by atoms with E-state index < -0.39 is 0 Å². The molecular weight excluding hydrogens is 232 g/mol. The molecule has 0 bridgehead atoms. The van der Waals surface area contributed by atoms with Crippen LogP contribution < -0.4 is 0 Å². The second-order valence-electron chi connectivity index (χ2n) is 6.20. The highest BCUT2D eigenvalue weighted by molar-refractivity contribution is 5.91. The maximum Gasteiger partial charge on any atom is 0.123 e. The van der Waals surface area contributed by atoms with Gasteiger partial charge in [0, 0.05) is 5.39 Å². The van der Waals surface area contributed by atoms with Crippen molar-refractivity contribution < 1.29 is 5.11 Å². The van der Waals surface area contributed by atoms with Gasteiger partial charge in [-0.3, -0.25) is 0 Å². The van der Waals surface area contributed by atoms with Gasteiger partial charge in [-0.2, -0.15) is 0 Å². The molecule has 0 aliphatic rings. The highest BCUT2D eigenvalue weighted by Gasteiger charge is 2.20. The third kappa shape index (κ3) is 2.91. The number of phenols is 1. The molecule has 0 aliphatic heterocycles. The zero-order chi connectivity index (χ0) is 14.0. The molecule has 1 unspecified atom stereocenters. The first kappa shape index (κ1) is 13.9. The van der Waals surface area contributed by atoms with Crippen molar-refractivity contribution in [3.05, 3.63) is 42.0 Å². The first-order valence-electron chi connectivity index (χ1n) is 7.21. The van der Waals surface area contributed by atoms with Crippen LogP contribution in [0.1, 0.15) is 45.6 Å². The number of rotatable bonds is 4. The van der Waals surface area contributed by atoms with Gasteiger partial charge >= 0.3 is 0 Å². The lowest BCUT2D eigenvalue weighted by Gasteiger charge is -2.25. The molecule has 0 aromatic heterocycles. The summed E-state index contributed by atoms with van der Waals surface area (Å²) in [6, 6.07) is 12.1. The SMILES string of the molecule is CC(C)CC(c1ccc(O)c2ccccc12)C(C)C. The summed E-state index contributed by atoms with van der Waals surface area (Å²) in [6.45, 7) is 9.12. The molecule has 0 amide bonds. The average Bonchev–Trinajstić information content (AvgIpc) is 2.37. The predicted octanol–water partition coefficient (Wildman–Crippen LogP) is 5.33. The van der Waals surface area contributed by atoms with E-state index in [-0.39, 0.29) is 0 Å². The van der Waals surface area contributed by atoms with Gasteiger partial charge in [0.2, 0.25) is 0 Å². The van der Waals surface area contributed by atoms with Crippen molar-refractivity contribution in [2.24, 2.45) is 11.8 Å². The minimum atomic E-state index is 0.381. The Morgan fingerprint density at radius 3 is 2.11 bits per heavy atom. The molecule has 2 rings (SSSR count). The summed E-state index contributed by atoms with van der Waals surface area (Å²) in [5, 5.41) is 12.2. The van der Waals surface area contributed by atoms with Gasteiger partial charge in [-0.25, -0.2) is 0 Å². The minimum absolute atomic E-state index is 0.381. The van der Waals surface area contributed by atoms with Crippen molar-refractivity contribution in [3.63, 3.8) is 0 Å². The van der Waals surface area contributed by atoms with Crippen LogP contribution in [0.15, 0.2) is 36.4 Å². The van der Waals surface area contributed by atoms with Crippen molar-refractivity contribution in [3.8, 4) is 5.75 Å². The highest BCUT2D eigenvalue weighted by Crippen LogP contribution is 2.37. The van der Waals surface area contributed by atoms with Crippen molar-refractivity contribution in [2.45, 2.75) is 40.0 Å². The lowest BCUT2D eigenvalue weighted by atomic mass is 9.80. The largest absolute Gasteiger partial charge is 0.507 e. The number of fused-ring (bicyclic) bond motifs is 1. The third-order valence-corrected chi connectivity index (χ3v) is 3.86. The molecule has 0 radical (unpaired) electrons. The summed E-state index contributed by atoms with van der Waals surface area (Å²) in [5.74, 6) is 2.22. The fourth-order valence-corrected chi connectivity index (χ4v) is 2.90. The van der Waals surface area contributed by atoms with E-state index in [4.69, 9.17) is 0 Å². The fourth-order valence-electron chi connectivity index (χ4n) is 2.90. The van der Waals surface area contributed by atoms with Crippen LogP contribution in [-0.4, -0.2) is 5.11 Å². The van der Waals surface area contributed by atoms with Gasteiger partial charge in [0.05, 0.1) is 0 Å². The van der Waals surface area contributed by atoms with Gasteiger partial charge in [0.25, 0.3) is 0 Å². The van der Waals surface area contributed by atoms with Gasteiger partial charge in [0.15, 0.2) is 0 Å². The Morgan fingerprint density at radius 1 is 0.895 bits per heavy atom. The van der Waals surface area contributed by atoms with Crippen LogP contribution in [0.25, 0.3) is 10.8 Å². The molecule has 102 valence electrons. The smallest absolute Gasteiger partial charge is 0.123 e. The summed E-state index contributed by atoms with van der Waals surface area (Å²) in [5.41, 5.74) is 1.37. The van der Waals surface area contributed by atoms with E-state index in [1.165, 1.54) is 17.4 Å². The molecule has 0 saturated heterocycles. The normalized spacial score (nSPS) is 13.4. The summed E-state index contributed by atoms with van der Waals surface area (Å²) in [6.07, 6.45) is 1.19. The molecule has 1 heteroatoms. The van der Waals surface area contributed by atoms with E-state index in [1.54, 1.807) is 0 Å². The number of benzene rings is 2. The molecule has 0 spiro atoms. The zero-order valence-corrected chi connectivity index (χ0v) is 12.4. The van der Waals surface area contributed by atoms with Crippen LogP contribution in [0.4, 0.5) is 0 Å². The predicted molar refractivity (Wildman–Crippen MR) is 82.6 cm³/mol. The Balaban J connectivity index is 2.57. The second kappa shape index (κ2) is 5.64. The van der Waals surface area contributed by atoms with Crippen LogP contribution in [-0.2, 0) is 0 Å². The van der Waals surface area contributed by atoms with Crippen molar-refractivity contribution in [1.82, 2.24) is 0 Å². The zero-order valence-electron chi connectivity index (χ0n) is 12.4. The van der Waals surface area contributed by atoms with E-state index in [1.807, 2.05) is 18.2 Å². The molecule has 0 fully saturated rings. The summed E-state index contributed by atoms with van der Waals surface area (Å²) < 4.78 is 0. The molecule has 0 saturated carbocycles. The maximum atomic E-state index is 10.00. The standard InChI is InChI=1S/C18H24O/c1-12(2)11-17(13(3)4)15-9-10-18(19)16-8-6-5-7-14(15)16/h5-10,12-13,17,19H,11H2,1-4H3. The van der Waals surface area contributed by atoms with Crippen LogP contribution >= 0.6 is 0 Å². The molecular formula is C18H24O. The monoisotopic (exact) mass is 256 g/mol. The Hall–Kier alpha value is -1.50. The minimum Gasteiger partial charge on any atom is -0.507 e. The van der Waals surface area contributed by atoms with Crippen LogP contribution in [0.3, 0.4) is 0 Å². The maximum absolute atomic E-state index is 10.00. The number of phenolic OH excluding ortho intramolecular Hbond substituents is 1. The second-order valence-corrected chi connectivity index (χ2v) is 6.20. The summed E-state index contributed by atoms with van der Waals surface area (Å²) in [7, 11) is 0. The lowest BCUT2D eigenvalue weighted by molar-refractivity contribution is 0.409. The Kier molecular flexibility index (Phi) is 4.14. The Morgan fingerprint density at radius 2 is 1.53 bits per heavy atom. The van der Waals surface area contributed by atoms with E-state index in [0.717, 1.165) is 5.39 Å². The first-order chi connectivity index (χ1) is 9.00. The highest BCUT2D eigenvalue weighted by atomic mass is 16.3. The summed E-state index contributed by atoms with van der Waals surface area (Å²) >= 11 is 0. The van der Waals surface area contributed by atoms with Gasteiger partial charge < -0.3 is 5.11 Å². The molecule has 1 N–H and O–H groups in total. The fraction of sp³-hybridized carbons (Fsp3) is 0.444. The quantitative estimate of drug-likeness (QED) is 0.783. The van der Waals surface area contributed by atoms with Crippen molar-refractivity contribution in [2.75, 3.05) is 0 Å². The van der Waals surface area contributed by atoms with Gasteiger partial charge in [-0.1, -0.05) is 58.0 Å².